The van der Waals surface area contributed by atoms with Crippen LogP contribution in [0.2, 0.25) is 0 Å². The van der Waals surface area contributed by atoms with Gasteiger partial charge < -0.3 is 5.11 Å². The summed E-state index contributed by atoms with van der Waals surface area (Å²) in [5.74, 6) is 0.397. The minimum atomic E-state index is -3.49. The summed E-state index contributed by atoms with van der Waals surface area (Å²) in [6, 6.07) is 6.80. The normalized spacial score (nSPS) is 21.3. The lowest BCUT2D eigenvalue weighted by atomic mass is 10.0. The van der Waals surface area contributed by atoms with Crippen molar-refractivity contribution < 1.29 is 13.5 Å². The molecule has 0 spiro atoms. The van der Waals surface area contributed by atoms with Gasteiger partial charge >= 0.3 is 10.2 Å². The van der Waals surface area contributed by atoms with Gasteiger partial charge in [-0.1, -0.05) is 19.1 Å². The van der Waals surface area contributed by atoms with Gasteiger partial charge in [-0.05, 0) is 36.5 Å². The largest absolute Gasteiger partial charge is 0.392 e. The van der Waals surface area contributed by atoms with E-state index in [0.29, 0.717) is 30.3 Å². The summed E-state index contributed by atoms with van der Waals surface area (Å²) in [6.45, 7) is 3.10. The van der Waals surface area contributed by atoms with Gasteiger partial charge in [0.1, 0.15) is 0 Å². The molecule has 0 amide bonds. The number of hydrogen-bond donors (Lipinski definition) is 2. The Hall–Kier alpha value is -1.11. The summed E-state index contributed by atoms with van der Waals surface area (Å²) in [6.07, 6.45) is 1.98. The van der Waals surface area contributed by atoms with E-state index in [2.05, 4.69) is 11.6 Å². The van der Waals surface area contributed by atoms with E-state index >= 15 is 0 Å². The first-order chi connectivity index (χ1) is 9.01. The van der Waals surface area contributed by atoms with E-state index in [4.69, 9.17) is 5.11 Å². The van der Waals surface area contributed by atoms with Crippen LogP contribution >= 0.6 is 0 Å². The molecule has 2 N–H and O–H groups in total. The van der Waals surface area contributed by atoms with Gasteiger partial charge in [-0.2, -0.15) is 12.7 Å². The highest BCUT2D eigenvalue weighted by molar-refractivity contribution is 7.90. The Labute approximate surface area is 114 Å². The lowest BCUT2D eigenvalue weighted by molar-refractivity contribution is 0.281. The molecule has 1 unspecified atom stereocenters. The molecule has 1 aliphatic rings. The molecule has 19 heavy (non-hydrogen) atoms. The molecule has 0 bridgehead atoms. The molecule has 1 heterocycles. The third kappa shape index (κ3) is 3.68. The van der Waals surface area contributed by atoms with Gasteiger partial charge in [0.2, 0.25) is 0 Å². The number of nitrogens with one attached hydrogen (secondary N) is 1. The average Bonchev–Trinajstić information content (AvgIpc) is 2.38. The van der Waals surface area contributed by atoms with Crippen LogP contribution in [0, 0.1) is 5.92 Å². The van der Waals surface area contributed by atoms with Crippen molar-refractivity contribution in [2.24, 2.45) is 5.92 Å². The predicted molar refractivity (Wildman–Crippen MR) is 74.9 cm³/mol. The summed E-state index contributed by atoms with van der Waals surface area (Å²) in [5.41, 5.74) is 1.18. The van der Waals surface area contributed by atoms with E-state index in [1.807, 2.05) is 0 Å². The average molecular weight is 284 g/mol. The lowest BCUT2D eigenvalue weighted by Crippen LogP contribution is -2.42. The Balaban J connectivity index is 2.11. The zero-order chi connectivity index (χ0) is 13.9. The Kier molecular flexibility index (Phi) is 4.44. The zero-order valence-electron chi connectivity index (χ0n) is 11.0. The Morgan fingerprint density at radius 2 is 2.26 bits per heavy atom. The van der Waals surface area contributed by atoms with E-state index in [-0.39, 0.29) is 6.61 Å². The van der Waals surface area contributed by atoms with Crippen LogP contribution < -0.4 is 4.72 Å². The van der Waals surface area contributed by atoms with Crippen LogP contribution in [0.3, 0.4) is 0 Å². The molecule has 1 aliphatic heterocycles. The maximum atomic E-state index is 12.3. The van der Waals surface area contributed by atoms with Gasteiger partial charge in [0.05, 0.1) is 12.3 Å². The number of benzene rings is 1. The van der Waals surface area contributed by atoms with Crippen LogP contribution in [0.5, 0.6) is 0 Å². The van der Waals surface area contributed by atoms with E-state index < -0.39 is 10.2 Å². The van der Waals surface area contributed by atoms with Crippen molar-refractivity contribution in [3.8, 4) is 0 Å². The molecular formula is C13H20N2O3S. The SMILES string of the molecule is CC1CCCN(S(=O)(=O)Nc2cccc(CO)c2)C1. The van der Waals surface area contributed by atoms with E-state index in [1.54, 1.807) is 24.3 Å². The topological polar surface area (TPSA) is 69.6 Å². The summed E-state index contributed by atoms with van der Waals surface area (Å²) in [5, 5.41) is 9.06. The van der Waals surface area contributed by atoms with Crippen molar-refractivity contribution >= 4 is 15.9 Å². The zero-order valence-corrected chi connectivity index (χ0v) is 11.9. The molecule has 1 saturated heterocycles. The molecular weight excluding hydrogens is 264 g/mol. The smallest absolute Gasteiger partial charge is 0.301 e. The van der Waals surface area contributed by atoms with Crippen molar-refractivity contribution in [3.63, 3.8) is 0 Å². The maximum Gasteiger partial charge on any atom is 0.301 e. The molecule has 1 fully saturated rings. The Bertz CT molecular complexity index is 530. The second kappa shape index (κ2) is 5.90. The number of hydrogen-bond acceptors (Lipinski definition) is 3. The fraction of sp³-hybridized carbons (Fsp3) is 0.538. The molecule has 0 saturated carbocycles. The van der Waals surface area contributed by atoms with Gasteiger partial charge in [0, 0.05) is 13.1 Å². The van der Waals surface area contributed by atoms with E-state index in [9.17, 15) is 8.42 Å². The van der Waals surface area contributed by atoms with Gasteiger partial charge in [0.25, 0.3) is 0 Å². The number of aliphatic hydroxyl groups is 1. The van der Waals surface area contributed by atoms with Crippen LogP contribution in [0.15, 0.2) is 24.3 Å². The van der Waals surface area contributed by atoms with Crippen molar-refractivity contribution in [2.75, 3.05) is 17.8 Å². The van der Waals surface area contributed by atoms with Crippen molar-refractivity contribution in [3.05, 3.63) is 29.8 Å². The number of nitrogens with zero attached hydrogens (tertiary/aromatic N) is 1. The maximum absolute atomic E-state index is 12.3. The number of anilines is 1. The summed E-state index contributed by atoms with van der Waals surface area (Å²) in [7, 11) is -3.49. The minimum Gasteiger partial charge on any atom is -0.392 e. The molecule has 2 rings (SSSR count). The number of piperidine rings is 1. The van der Waals surface area contributed by atoms with Crippen molar-refractivity contribution in [1.29, 1.82) is 0 Å². The second-order valence-electron chi connectivity index (χ2n) is 5.07. The molecule has 0 aliphatic carbocycles. The van der Waals surface area contributed by atoms with Gasteiger partial charge in [0.15, 0.2) is 0 Å². The van der Waals surface area contributed by atoms with Crippen LogP contribution in [0.1, 0.15) is 25.3 Å². The highest BCUT2D eigenvalue weighted by Gasteiger charge is 2.26. The molecule has 0 radical (unpaired) electrons. The number of rotatable bonds is 4. The fourth-order valence-corrected chi connectivity index (χ4v) is 3.69. The first kappa shape index (κ1) is 14.3. The van der Waals surface area contributed by atoms with Gasteiger partial charge in [-0.15, -0.1) is 0 Å². The van der Waals surface area contributed by atoms with E-state index in [1.165, 1.54) is 4.31 Å². The standard InChI is InChI=1S/C13H20N2O3S/c1-11-4-3-7-15(9-11)19(17,18)14-13-6-2-5-12(8-13)10-16/h2,5-6,8,11,14,16H,3-4,7,9-10H2,1H3. The van der Waals surface area contributed by atoms with Crippen molar-refractivity contribution in [2.45, 2.75) is 26.4 Å². The van der Waals surface area contributed by atoms with E-state index in [0.717, 1.165) is 12.8 Å². The molecule has 1 aromatic carbocycles. The first-order valence-corrected chi connectivity index (χ1v) is 7.93. The highest BCUT2D eigenvalue weighted by Crippen LogP contribution is 2.20. The quantitative estimate of drug-likeness (QED) is 0.881. The van der Waals surface area contributed by atoms with Crippen LogP contribution in [0.25, 0.3) is 0 Å². The molecule has 5 nitrogen and oxygen atoms in total. The molecule has 0 aromatic heterocycles. The second-order valence-corrected chi connectivity index (χ2v) is 6.74. The minimum absolute atomic E-state index is 0.101. The number of aliphatic hydroxyl groups excluding tert-OH is 1. The summed E-state index contributed by atoms with van der Waals surface area (Å²) in [4.78, 5) is 0. The third-order valence-electron chi connectivity index (χ3n) is 3.32. The summed E-state index contributed by atoms with van der Waals surface area (Å²) < 4.78 is 28.6. The fourth-order valence-electron chi connectivity index (χ4n) is 2.31. The monoisotopic (exact) mass is 284 g/mol. The lowest BCUT2D eigenvalue weighted by Gasteiger charge is -2.30. The van der Waals surface area contributed by atoms with Crippen LogP contribution in [0.4, 0.5) is 5.69 Å². The summed E-state index contributed by atoms with van der Waals surface area (Å²) >= 11 is 0. The van der Waals surface area contributed by atoms with Gasteiger partial charge in [-0.3, -0.25) is 4.72 Å². The molecule has 106 valence electrons. The van der Waals surface area contributed by atoms with Crippen LogP contribution in [-0.2, 0) is 16.8 Å². The van der Waals surface area contributed by atoms with Crippen molar-refractivity contribution in [1.82, 2.24) is 4.31 Å². The molecule has 6 heteroatoms. The predicted octanol–water partition coefficient (Wildman–Crippen LogP) is 1.57. The van der Waals surface area contributed by atoms with Gasteiger partial charge in [-0.25, -0.2) is 0 Å². The first-order valence-electron chi connectivity index (χ1n) is 6.49. The Morgan fingerprint density at radius 3 is 2.95 bits per heavy atom. The molecule has 1 aromatic rings. The third-order valence-corrected chi connectivity index (χ3v) is 4.82. The molecule has 1 atom stereocenters. The van der Waals surface area contributed by atoms with Crippen LogP contribution in [-0.4, -0.2) is 30.9 Å². The Morgan fingerprint density at radius 1 is 1.47 bits per heavy atom. The highest BCUT2D eigenvalue weighted by atomic mass is 32.2.